The van der Waals surface area contributed by atoms with Gasteiger partial charge in [0.25, 0.3) is 0 Å². The zero-order valence-electron chi connectivity index (χ0n) is 14.3. The van der Waals surface area contributed by atoms with Crippen molar-refractivity contribution in [1.82, 2.24) is 0 Å². The van der Waals surface area contributed by atoms with E-state index < -0.39 is 29.1 Å². The van der Waals surface area contributed by atoms with Gasteiger partial charge in [0, 0.05) is 11.1 Å². The molecule has 0 unspecified atom stereocenters. The molecule has 5 nitrogen and oxygen atoms in total. The lowest BCUT2D eigenvalue weighted by Gasteiger charge is -2.13. The third-order valence-corrected chi connectivity index (χ3v) is 3.97. The lowest BCUT2D eigenvalue weighted by Crippen LogP contribution is -2.16. The molecule has 0 saturated heterocycles. The van der Waals surface area contributed by atoms with Crippen LogP contribution in [0.3, 0.4) is 0 Å². The van der Waals surface area contributed by atoms with Gasteiger partial charge in [-0.25, -0.2) is 4.79 Å². The highest BCUT2D eigenvalue weighted by Gasteiger charge is 2.39. The molecule has 0 amide bonds. The van der Waals surface area contributed by atoms with Crippen LogP contribution in [0.4, 0.5) is 18.0 Å². The zero-order valence-corrected chi connectivity index (χ0v) is 15.1. The first-order valence-corrected chi connectivity index (χ1v) is 8.37. The molecule has 0 aliphatic carbocycles. The van der Waals surface area contributed by atoms with Gasteiger partial charge in [0.1, 0.15) is 11.3 Å². The molecule has 0 aliphatic rings. The van der Waals surface area contributed by atoms with Crippen molar-refractivity contribution in [1.29, 1.82) is 0 Å². The van der Waals surface area contributed by atoms with Gasteiger partial charge >= 0.3 is 12.3 Å². The summed E-state index contributed by atoms with van der Waals surface area (Å²) < 4.78 is 55.2. The van der Waals surface area contributed by atoms with E-state index in [0.717, 1.165) is 6.07 Å². The molecule has 0 aliphatic heterocycles. The summed E-state index contributed by atoms with van der Waals surface area (Å²) in [7, 11) is 0. The van der Waals surface area contributed by atoms with E-state index in [9.17, 15) is 22.8 Å². The molecular weight excluding hydrogens is 401 g/mol. The molecule has 28 heavy (non-hydrogen) atoms. The standard InChI is InChI=1S/C19H12ClF3O5/c1-2-26-18(25)27-12-7-8-13-14(9-12)28-17(19(21,22)23)15(16(13)24)10-3-5-11(20)6-4-10/h3-9H,2H2,1H3. The van der Waals surface area contributed by atoms with Crippen molar-refractivity contribution in [3.05, 3.63) is 63.5 Å². The van der Waals surface area contributed by atoms with Crippen molar-refractivity contribution in [2.45, 2.75) is 13.1 Å². The van der Waals surface area contributed by atoms with Gasteiger partial charge < -0.3 is 13.9 Å². The lowest BCUT2D eigenvalue weighted by atomic mass is 10.0. The Hall–Kier alpha value is -3.00. The van der Waals surface area contributed by atoms with E-state index in [0.29, 0.717) is 5.02 Å². The van der Waals surface area contributed by atoms with Crippen LogP contribution in [0.1, 0.15) is 12.7 Å². The number of benzene rings is 2. The van der Waals surface area contributed by atoms with Crippen LogP contribution < -0.4 is 10.2 Å². The number of alkyl halides is 3. The average Bonchev–Trinajstić information content (AvgIpc) is 2.62. The van der Waals surface area contributed by atoms with E-state index in [1.165, 1.54) is 36.4 Å². The molecule has 1 aromatic heterocycles. The van der Waals surface area contributed by atoms with Gasteiger partial charge in [-0.05, 0) is 36.8 Å². The minimum atomic E-state index is -4.93. The fraction of sp³-hybridized carbons (Fsp3) is 0.158. The molecule has 2 aromatic carbocycles. The predicted molar refractivity (Wildman–Crippen MR) is 95.6 cm³/mol. The van der Waals surface area contributed by atoms with E-state index in [1.807, 2.05) is 0 Å². The zero-order chi connectivity index (χ0) is 20.5. The normalized spacial score (nSPS) is 11.5. The monoisotopic (exact) mass is 412 g/mol. The van der Waals surface area contributed by atoms with Crippen molar-refractivity contribution in [2.24, 2.45) is 0 Å². The highest BCUT2D eigenvalue weighted by molar-refractivity contribution is 6.30. The smallest absolute Gasteiger partial charge is 0.450 e. The Morgan fingerprint density at radius 1 is 1.14 bits per heavy atom. The summed E-state index contributed by atoms with van der Waals surface area (Å²) in [5, 5.41) is 0.206. The molecule has 0 radical (unpaired) electrons. The second-order valence-electron chi connectivity index (χ2n) is 5.58. The number of rotatable bonds is 3. The van der Waals surface area contributed by atoms with E-state index in [2.05, 4.69) is 4.74 Å². The fourth-order valence-corrected chi connectivity index (χ4v) is 2.68. The number of fused-ring (bicyclic) bond motifs is 1. The van der Waals surface area contributed by atoms with E-state index in [4.69, 9.17) is 20.8 Å². The van der Waals surface area contributed by atoms with Crippen molar-refractivity contribution in [2.75, 3.05) is 6.61 Å². The first kappa shape index (κ1) is 19.8. The van der Waals surface area contributed by atoms with Crippen LogP contribution in [0.15, 0.2) is 51.7 Å². The van der Waals surface area contributed by atoms with Crippen molar-refractivity contribution >= 4 is 28.7 Å². The second-order valence-corrected chi connectivity index (χ2v) is 6.02. The summed E-state index contributed by atoms with van der Waals surface area (Å²) in [6, 6.07) is 8.84. The van der Waals surface area contributed by atoms with Crippen molar-refractivity contribution < 1.29 is 31.9 Å². The Bertz CT molecular complexity index is 1090. The van der Waals surface area contributed by atoms with Crippen LogP contribution in [0.2, 0.25) is 5.02 Å². The maximum atomic E-state index is 13.6. The van der Waals surface area contributed by atoms with Gasteiger partial charge in [-0.2, -0.15) is 13.2 Å². The number of hydrogen-bond donors (Lipinski definition) is 0. The third-order valence-electron chi connectivity index (χ3n) is 3.72. The number of halogens is 4. The molecule has 0 bridgehead atoms. The first-order valence-electron chi connectivity index (χ1n) is 7.99. The average molecular weight is 413 g/mol. The summed E-state index contributed by atoms with van der Waals surface area (Å²) in [6.45, 7) is 1.62. The minimum Gasteiger partial charge on any atom is -0.450 e. The quantitative estimate of drug-likeness (QED) is 0.410. The lowest BCUT2D eigenvalue weighted by molar-refractivity contribution is -0.152. The van der Waals surface area contributed by atoms with E-state index >= 15 is 0 Å². The number of carbonyl (C=O) groups excluding carboxylic acids is 1. The molecular formula is C19H12ClF3O5. The maximum absolute atomic E-state index is 13.6. The number of ether oxygens (including phenoxy) is 2. The van der Waals surface area contributed by atoms with Gasteiger partial charge in [0.2, 0.25) is 11.2 Å². The number of hydrogen-bond acceptors (Lipinski definition) is 5. The third kappa shape index (κ3) is 3.96. The van der Waals surface area contributed by atoms with Crippen LogP contribution in [0.5, 0.6) is 5.75 Å². The topological polar surface area (TPSA) is 65.7 Å². The minimum absolute atomic E-state index is 0.0132. The van der Waals surface area contributed by atoms with Crippen molar-refractivity contribution in [3.63, 3.8) is 0 Å². The first-order chi connectivity index (χ1) is 13.2. The molecule has 0 fully saturated rings. The highest BCUT2D eigenvalue weighted by atomic mass is 35.5. The van der Waals surface area contributed by atoms with Crippen molar-refractivity contribution in [3.8, 4) is 16.9 Å². The maximum Gasteiger partial charge on any atom is 0.513 e. The molecule has 0 spiro atoms. The summed E-state index contributed by atoms with van der Waals surface area (Å²) >= 11 is 5.77. The second kappa shape index (κ2) is 7.55. The Balaban J connectivity index is 2.21. The SMILES string of the molecule is CCOC(=O)Oc1ccc2c(=O)c(-c3ccc(Cl)cc3)c(C(F)(F)F)oc2c1. The molecule has 9 heteroatoms. The van der Waals surface area contributed by atoms with Crippen LogP contribution in [0.25, 0.3) is 22.1 Å². The Morgan fingerprint density at radius 3 is 2.43 bits per heavy atom. The van der Waals surface area contributed by atoms with Crippen LogP contribution in [0, 0.1) is 0 Å². The molecule has 0 N–H and O–H groups in total. The van der Waals surface area contributed by atoms with Crippen LogP contribution >= 0.6 is 11.6 Å². The predicted octanol–water partition coefficient (Wildman–Crippen LogP) is 5.67. The molecule has 0 atom stereocenters. The van der Waals surface area contributed by atoms with Gasteiger partial charge in [0.15, 0.2) is 0 Å². The van der Waals surface area contributed by atoms with Gasteiger partial charge in [-0.3, -0.25) is 4.79 Å². The highest BCUT2D eigenvalue weighted by Crippen LogP contribution is 2.38. The van der Waals surface area contributed by atoms with Gasteiger partial charge in [0.05, 0.1) is 17.6 Å². The molecule has 3 aromatic rings. The fourth-order valence-electron chi connectivity index (χ4n) is 2.56. The summed E-state index contributed by atoms with van der Waals surface area (Å²) in [4.78, 5) is 24.2. The molecule has 146 valence electrons. The van der Waals surface area contributed by atoms with Crippen LogP contribution in [-0.4, -0.2) is 12.8 Å². The Morgan fingerprint density at radius 2 is 1.82 bits per heavy atom. The van der Waals surface area contributed by atoms with E-state index in [1.54, 1.807) is 6.92 Å². The molecule has 0 saturated carbocycles. The summed E-state index contributed by atoms with van der Waals surface area (Å²) in [5.41, 5.74) is -1.87. The number of carbonyl (C=O) groups is 1. The van der Waals surface area contributed by atoms with Gasteiger partial charge in [-0.15, -0.1) is 0 Å². The summed E-state index contributed by atoms with van der Waals surface area (Å²) in [5.74, 6) is -1.58. The van der Waals surface area contributed by atoms with Crippen LogP contribution in [-0.2, 0) is 10.9 Å². The molecule has 1 heterocycles. The summed E-state index contributed by atoms with van der Waals surface area (Å²) in [6.07, 6.45) is -5.96. The Labute approximate surface area is 161 Å². The largest absolute Gasteiger partial charge is 0.513 e. The molecule has 3 rings (SSSR count). The Kier molecular flexibility index (Phi) is 5.33. The van der Waals surface area contributed by atoms with Gasteiger partial charge in [-0.1, -0.05) is 23.7 Å². The van der Waals surface area contributed by atoms with E-state index in [-0.39, 0.29) is 28.9 Å².